The summed E-state index contributed by atoms with van der Waals surface area (Å²) in [5.41, 5.74) is 1.71. The van der Waals surface area contributed by atoms with Crippen LogP contribution in [0.15, 0.2) is 54.6 Å². The lowest BCUT2D eigenvalue weighted by Gasteiger charge is -2.22. The summed E-state index contributed by atoms with van der Waals surface area (Å²) in [7, 11) is 0. The van der Waals surface area contributed by atoms with Gasteiger partial charge in [0.2, 0.25) is 0 Å². The number of aliphatic hydroxyl groups excluding tert-OH is 2. The van der Waals surface area contributed by atoms with Crippen LogP contribution in [0.2, 0.25) is 0 Å². The Labute approximate surface area is 211 Å². The summed E-state index contributed by atoms with van der Waals surface area (Å²) < 4.78 is 1.19. The highest BCUT2D eigenvalue weighted by molar-refractivity contribution is 7.19. The molecule has 6 nitrogen and oxygen atoms in total. The zero-order valence-corrected chi connectivity index (χ0v) is 21.6. The lowest BCUT2D eigenvalue weighted by atomic mass is 9.86. The van der Waals surface area contributed by atoms with Crippen molar-refractivity contribution in [1.29, 1.82) is 0 Å². The van der Waals surface area contributed by atoms with E-state index in [0.717, 1.165) is 4.88 Å². The van der Waals surface area contributed by atoms with Crippen LogP contribution >= 0.6 is 11.3 Å². The normalized spacial score (nSPS) is 23.0. The van der Waals surface area contributed by atoms with Crippen LogP contribution < -0.4 is 5.48 Å². The lowest BCUT2D eigenvalue weighted by molar-refractivity contribution is -0.151. The Morgan fingerprint density at radius 2 is 2.06 bits per heavy atom. The van der Waals surface area contributed by atoms with Gasteiger partial charge < -0.3 is 15.1 Å². The average molecular weight is 500 g/mol. The number of benzene rings is 1. The summed E-state index contributed by atoms with van der Waals surface area (Å²) in [6.45, 7) is 6.00. The van der Waals surface area contributed by atoms with Gasteiger partial charge in [-0.15, -0.1) is 11.3 Å². The van der Waals surface area contributed by atoms with Gasteiger partial charge in [0.25, 0.3) is 0 Å². The fraction of sp³-hybridized carbons (Fsp3) is 0.500. The number of ketones is 1. The number of hydroxylamine groups is 1. The SMILES string of the molecule is CCNOC(=O)CCC/C=C\C[C@H]1C(=O)C(C)(C)[C@@H](O)[C@@H]1/C=C/C(O)Cc1cc2ccccc2s1. The van der Waals surface area contributed by atoms with E-state index >= 15 is 0 Å². The summed E-state index contributed by atoms with van der Waals surface area (Å²) in [4.78, 5) is 30.5. The van der Waals surface area contributed by atoms with Gasteiger partial charge in [0, 0.05) is 40.8 Å². The molecule has 190 valence electrons. The molecule has 3 N–H and O–H groups in total. The monoisotopic (exact) mass is 499 g/mol. The van der Waals surface area contributed by atoms with E-state index in [2.05, 4.69) is 23.7 Å². The molecule has 1 aromatic heterocycles. The molecule has 1 unspecified atom stereocenters. The van der Waals surface area contributed by atoms with Gasteiger partial charge >= 0.3 is 5.97 Å². The molecule has 1 aromatic carbocycles. The minimum atomic E-state index is -0.833. The first-order valence-electron chi connectivity index (χ1n) is 12.4. The number of carbonyl (C=O) groups is 2. The van der Waals surface area contributed by atoms with E-state index in [1.807, 2.05) is 37.3 Å². The second-order valence-electron chi connectivity index (χ2n) is 9.69. The third kappa shape index (κ3) is 7.10. The molecule has 4 atom stereocenters. The molecular weight excluding hydrogens is 462 g/mol. The van der Waals surface area contributed by atoms with Crippen molar-refractivity contribution in [2.45, 2.75) is 65.1 Å². The summed E-state index contributed by atoms with van der Waals surface area (Å²) in [6, 6.07) is 10.2. The number of allylic oxidation sites excluding steroid dienone is 2. The van der Waals surface area contributed by atoms with Gasteiger partial charge in [-0.1, -0.05) is 56.4 Å². The Morgan fingerprint density at radius 1 is 1.29 bits per heavy atom. The molecule has 0 radical (unpaired) electrons. The third-order valence-corrected chi connectivity index (χ3v) is 7.76. The maximum Gasteiger partial charge on any atom is 0.324 e. The Kier molecular flexibility index (Phi) is 9.80. The van der Waals surface area contributed by atoms with Gasteiger partial charge in [0.15, 0.2) is 0 Å². The molecule has 1 fully saturated rings. The van der Waals surface area contributed by atoms with E-state index in [4.69, 9.17) is 4.84 Å². The Balaban J connectivity index is 1.56. The third-order valence-electron chi connectivity index (χ3n) is 6.62. The highest BCUT2D eigenvalue weighted by atomic mass is 32.1. The molecule has 2 aromatic rings. The highest BCUT2D eigenvalue weighted by Crippen LogP contribution is 2.44. The van der Waals surface area contributed by atoms with E-state index < -0.39 is 17.6 Å². The summed E-state index contributed by atoms with van der Waals surface area (Å²) in [5, 5.41) is 22.7. The molecule has 3 rings (SSSR count). The first-order chi connectivity index (χ1) is 16.7. The van der Waals surface area contributed by atoms with Gasteiger partial charge in [-0.25, -0.2) is 0 Å². The van der Waals surface area contributed by atoms with Crippen molar-refractivity contribution in [2.24, 2.45) is 17.3 Å². The molecule has 1 aliphatic rings. The van der Waals surface area contributed by atoms with E-state index in [-0.39, 0.29) is 23.6 Å². The predicted octanol–water partition coefficient (Wildman–Crippen LogP) is 4.75. The van der Waals surface area contributed by atoms with E-state index in [1.165, 1.54) is 10.1 Å². The molecule has 1 saturated carbocycles. The summed E-state index contributed by atoms with van der Waals surface area (Å²) in [6.07, 6.45) is 8.71. The molecule has 0 saturated heterocycles. The van der Waals surface area contributed by atoms with Crippen molar-refractivity contribution < 1.29 is 24.6 Å². The molecule has 0 aliphatic heterocycles. The first-order valence-corrected chi connectivity index (χ1v) is 13.2. The summed E-state index contributed by atoms with van der Waals surface area (Å²) in [5.74, 6) is -0.940. The van der Waals surface area contributed by atoms with Crippen LogP contribution in [0.3, 0.4) is 0 Å². The van der Waals surface area contributed by atoms with E-state index in [9.17, 15) is 19.8 Å². The minimum Gasteiger partial charge on any atom is -0.391 e. The molecule has 35 heavy (non-hydrogen) atoms. The topological polar surface area (TPSA) is 95.9 Å². The molecular formula is C28H37NO5S. The van der Waals surface area contributed by atoms with Gasteiger partial charge in [-0.2, -0.15) is 5.48 Å². The van der Waals surface area contributed by atoms with Gasteiger partial charge in [-0.05, 0) is 43.7 Å². The Bertz CT molecular complexity index is 1020. The zero-order valence-electron chi connectivity index (χ0n) is 20.8. The second-order valence-corrected chi connectivity index (χ2v) is 10.9. The van der Waals surface area contributed by atoms with Crippen LogP contribution in [0.4, 0.5) is 0 Å². The number of hydrogen-bond donors (Lipinski definition) is 3. The first kappa shape index (κ1) is 27.3. The van der Waals surface area contributed by atoms with Crippen LogP contribution in [0.25, 0.3) is 10.1 Å². The minimum absolute atomic E-state index is 0.0394. The van der Waals surface area contributed by atoms with Crippen molar-refractivity contribution in [1.82, 2.24) is 5.48 Å². The second kappa shape index (κ2) is 12.6. The quantitative estimate of drug-likeness (QED) is 0.222. The number of fused-ring (bicyclic) bond motifs is 1. The maximum absolute atomic E-state index is 13.0. The lowest BCUT2D eigenvalue weighted by Crippen LogP contribution is -2.31. The predicted molar refractivity (Wildman–Crippen MR) is 140 cm³/mol. The van der Waals surface area contributed by atoms with Crippen molar-refractivity contribution in [2.75, 3.05) is 6.54 Å². The van der Waals surface area contributed by atoms with E-state index in [1.54, 1.807) is 31.3 Å². The zero-order chi connectivity index (χ0) is 25.4. The number of nitrogens with one attached hydrogen (secondary N) is 1. The van der Waals surface area contributed by atoms with Crippen molar-refractivity contribution in [3.8, 4) is 0 Å². The van der Waals surface area contributed by atoms with Crippen molar-refractivity contribution in [3.63, 3.8) is 0 Å². The largest absolute Gasteiger partial charge is 0.391 e. The number of carbonyl (C=O) groups excluding carboxylic acids is 2. The molecule has 0 spiro atoms. The van der Waals surface area contributed by atoms with Gasteiger partial charge in [0.1, 0.15) is 5.78 Å². The smallest absolute Gasteiger partial charge is 0.324 e. The molecule has 0 amide bonds. The number of Topliss-reactive ketones (excluding diaryl/α,β-unsaturated/α-hetero) is 1. The van der Waals surface area contributed by atoms with Crippen LogP contribution in [-0.4, -0.2) is 40.7 Å². The molecule has 7 heteroatoms. The Hall–Kier alpha value is -2.32. The van der Waals surface area contributed by atoms with Crippen LogP contribution in [0.1, 0.15) is 51.3 Å². The fourth-order valence-corrected chi connectivity index (χ4v) is 5.71. The average Bonchev–Trinajstić information content (AvgIpc) is 3.30. The van der Waals surface area contributed by atoms with Crippen LogP contribution in [0, 0.1) is 17.3 Å². The van der Waals surface area contributed by atoms with Gasteiger partial charge in [-0.3, -0.25) is 9.59 Å². The van der Waals surface area contributed by atoms with Gasteiger partial charge in [0.05, 0.1) is 17.6 Å². The summed E-state index contributed by atoms with van der Waals surface area (Å²) >= 11 is 1.67. The van der Waals surface area contributed by atoms with E-state index in [0.29, 0.717) is 38.6 Å². The number of hydrogen-bond acceptors (Lipinski definition) is 7. The fourth-order valence-electron chi connectivity index (χ4n) is 4.60. The van der Waals surface area contributed by atoms with Crippen LogP contribution in [-0.2, 0) is 20.8 Å². The number of aliphatic hydroxyl groups is 2. The molecule has 1 aliphatic carbocycles. The number of rotatable bonds is 12. The maximum atomic E-state index is 13.0. The highest BCUT2D eigenvalue weighted by Gasteiger charge is 2.52. The van der Waals surface area contributed by atoms with Crippen molar-refractivity contribution in [3.05, 3.63) is 59.5 Å². The van der Waals surface area contributed by atoms with Crippen molar-refractivity contribution >= 4 is 33.2 Å². The number of unbranched alkanes of at least 4 members (excludes halogenated alkanes) is 1. The molecule has 0 bridgehead atoms. The molecule has 1 heterocycles. The standard InChI is InChI=1S/C28H37NO5S/c1-4-29-34-25(31)14-8-6-5-7-12-22-23(27(33)28(2,3)26(22)32)16-15-20(30)18-21-17-19-11-9-10-13-24(19)35-21/h5,7,9-11,13,15-17,20,22-23,27,29-30,33H,4,6,8,12,14,18H2,1-3H3/b7-5-,16-15+/t20?,22-,23-,27+/m1/s1. The van der Waals surface area contributed by atoms with Crippen LogP contribution in [0.5, 0.6) is 0 Å². The number of thiophene rings is 1. The Morgan fingerprint density at radius 3 is 2.80 bits per heavy atom.